The van der Waals surface area contributed by atoms with Gasteiger partial charge in [0.2, 0.25) is 5.91 Å². The van der Waals surface area contributed by atoms with Gasteiger partial charge in [-0.25, -0.2) is 0 Å². The molecular formula is C14H23N3O2. The molecule has 0 saturated carbocycles. The van der Waals surface area contributed by atoms with Crippen LogP contribution in [0.1, 0.15) is 6.92 Å². The molecule has 0 aliphatic heterocycles. The third kappa shape index (κ3) is 5.72. The van der Waals surface area contributed by atoms with Crippen molar-refractivity contribution in [2.75, 3.05) is 45.7 Å². The number of likely N-dealkylation sites (N-methyl/N-ethyl adjacent to an activating group) is 1. The Kier molecular flexibility index (Phi) is 6.92. The van der Waals surface area contributed by atoms with E-state index in [1.54, 1.807) is 7.11 Å². The first-order valence-electron chi connectivity index (χ1n) is 6.49. The van der Waals surface area contributed by atoms with Gasteiger partial charge in [-0.3, -0.25) is 4.79 Å². The molecule has 0 aliphatic rings. The number of carbonyl (C=O) groups excluding carboxylic acids is 1. The average Bonchev–Trinajstić information content (AvgIpc) is 2.43. The molecular weight excluding hydrogens is 242 g/mol. The number of methoxy groups -OCH3 is 1. The van der Waals surface area contributed by atoms with Crippen molar-refractivity contribution in [3.8, 4) is 5.75 Å². The van der Waals surface area contributed by atoms with E-state index in [0.717, 1.165) is 19.6 Å². The molecule has 0 atom stereocenters. The molecule has 5 heteroatoms. The van der Waals surface area contributed by atoms with Gasteiger partial charge in [0.1, 0.15) is 5.75 Å². The maximum Gasteiger partial charge on any atom is 0.238 e. The summed E-state index contributed by atoms with van der Waals surface area (Å²) in [5.41, 5.74) is 0.697. The summed E-state index contributed by atoms with van der Waals surface area (Å²) in [5, 5.41) is 5.94. The van der Waals surface area contributed by atoms with Gasteiger partial charge < -0.3 is 20.3 Å². The van der Waals surface area contributed by atoms with Crippen molar-refractivity contribution in [2.45, 2.75) is 6.92 Å². The number of nitrogens with one attached hydrogen (secondary N) is 2. The number of amides is 1. The summed E-state index contributed by atoms with van der Waals surface area (Å²) in [6, 6.07) is 7.37. The van der Waals surface area contributed by atoms with Gasteiger partial charge >= 0.3 is 0 Å². The van der Waals surface area contributed by atoms with Crippen molar-refractivity contribution >= 4 is 11.6 Å². The fourth-order valence-electron chi connectivity index (χ4n) is 1.57. The minimum atomic E-state index is -0.0661. The van der Waals surface area contributed by atoms with Gasteiger partial charge in [-0.05, 0) is 25.7 Å². The van der Waals surface area contributed by atoms with Crippen LogP contribution in [0.4, 0.5) is 5.69 Å². The number of anilines is 1. The third-order valence-corrected chi connectivity index (χ3v) is 2.88. The van der Waals surface area contributed by atoms with E-state index < -0.39 is 0 Å². The van der Waals surface area contributed by atoms with Crippen LogP contribution in [0.3, 0.4) is 0 Å². The van der Waals surface area contributed by atoms with E-state index in [4.69, 9.17) is 4.74 Å². The summed E-state index contributed by atoms with van der Waals surface area (Å²) in [4.78, 5) is 13.9. The van der Waals surface area contributed by atoms with Gasteiger partial charge in [-0.15, -0.1) is 0 Å². The van der Waals surface area contributed by atoms with Crippen LogP contribution in [0, 0.1) is 0 Å². The minimum absolute atomic E-state index is 0.0661. The second kappa shape index (κ2) is 8.50. The predicted octanol–water partition coefficient (Wildman–Crippen LogP) is 1.18. The van der Waals surface area contributed by atoms with Crippen molar-refractivity contribution in [2.24, 2.45) is 0 Å². The molecule has 106 valence electrons. The average molecular weight is 265 g/mol. The lowest BCUT2D eigenvalue weighted by Gasteiger charge is -2.14. The maximum atomic E-state index is 11.8. The van der Waals surface area contributed by atoms with Gasteiger partial charge in [0.15, 0.2) is 0 Å². The van der Waals surface area contributed by atoms with E-state index >= 15 is 0 Å². The fourth-order valence-corrected chi connectivity index (χ4v) is 1.57. The van der Waals surface area contributed by atoms with Crippen molar-refractivity contribution < 1.29 is 9.53 Å². The van der Waals surface area contributed by atoms with Gasteiger partial charge in [-0.1, -0.05) is 19.1 Å². The highest BCUT2D eigenvalue weighted by Crippen LogP contribution is 2.22. The highest BCUT2D eigenvalue weighted by Gasteiger charge is 2.06. The van der Waals surface area contributed by atoms with Crippen LogP contribution in [-0.2, 0) is 4.79 Å². The first kappa shape index (κ1) is 15.5. The molecule has 0 bridgehead atoms. The van der Waals surface area contributed by atoms with Crippen LogP contribution in [0.2, 0.25) is 0 Å². The van der Waals surface area contributed by atoms with E-state index in [1.807, 2.05) is 24.3 Å². The Morgan fingerprint density at radius 3 is 2.79 bits per heavy atom. The molecule has 0 aromatic heterocycles. The summed E-state index contributed by atoms with van der Waals surface area (Å²) in [6.07, 6.45) is 0. The van der Waals surface area contributed by atoms with Crippen LogP contribution < -0.4 is 15.4 Å². The number of ether oxygens (including phenoxy) is 1. The summed E-state index contributed by atoms with van der Waals surface area (Å²) in [5.74, 6) is 0.602. The van der Waals surface area contributed by atoms with Crippen LogP contribution in [0.25, 0.3) is 0 Å². The summed E-state index contributed by atoms with van der Waals surface area (Å²) >= 11 is 0. The van der Waals surface area contributed by atoms with Crippen LogP contribution in [0.5, 0.6) is 5.75 Å². The van der Waals surface area contributed by atoms with Crippen LogP contribution in [0.15, 0.2) is 24.3 Å². The molecule has 5 nitrogen and oxygen atoms in total. The maximum absolute atomic E-state index is 11.8. The highest BCUT2D eigenvalue weighted by molar-refractivity contribution is 5.93. The molecule has 1 rings (SSSR count). The van der Waals surface area contributed by atoms with E-state index in [0.29, 0.717) is 18.0 Å². The van der Waals surface area contributed by atoms with Gasteiger partial charge in [0.25, 0.3) is 0 Å². The van der Waals surface area contributed by atoms with Crippen molar-refractivity contribution in [1.29, 1.82) is 0 Å². The third-order valence-electron chi connectivity index (χ3n) is 2.88. The van der Waals surface area contributed by atoms with E-state index in [-0.39, 0.29) is 5.91 Å². The number of nitrogens with zero attached hydrogens (tertiary/aromatic N) is 1. The molecule has 0 heterocycles. The van der Waals surface area contributed by atoms with Crippen LogP contribution >= 0.6 is 0 Å². The predicted molar refractivity (Wildman–Crippen MR) is 77.7 cm³/mol. The van der Waals surface area contributed by atoms with E-state index in [1.165, 1.54) is 0 Å². The molecule has 0 radical (unpaired) electrons. The first-order chi connectivity index (χ1) is 9.17. The quantitative estimate of drug-likeness (QED) is 0.693. The van der Waals surface area contributed by atoms with Crippen molar-refractivity contribution in [1.82, 2.24) is 10.2 Å². The van der Waals surface area contributed by atoms with Crippen molar-refractivity contribution in [3.05, 3.63) is 24.3 Å². The lowest BCUT2D eigenvalue weighted by atomic mass is 10.3. The molecule has 1 amide bonds. The topological polar surface area (TPSA) is 53.6 Å². The Morgan fingerprint density at radius 2 is 2.11 bits per heavy atom. The Balaban J connectivity index is 2.31. The van der Waals surface area contributed by atoms with Gasteiger partial charge in [0.05, 0.1) is 19.3 Å². The Hall–Kier alpha value is -1.59. The Morgan fingerprint density at radius 1 is 1.37 bits per heavy atom. The second-order valence-corrected chi connectivity index (χ2v) is 4.32. The second-order valence-electron chi connectivity index (χ2n) is 4.32. The van der Waals surface area contributed by atoms with E-state index in [9.17, 15) is 4.79 Å². The zero-order valence-electron chi connectivity index (χ0n) is 11.9. The lowest BCUT2D eigenvalue weighted by Crippen LogP contribution is -2.34. The zero-order chi connectivity index (χ0) is 14.1. The van der Waals surface area contributed by atoms with Gasteiger partial charge in [-0.2, -0.15) is 0 Å². The molecule has 0 unspecified atom stereocenters. The fraction of sp³-hybridized carbons (Fsp3) is 0.500. The summed E-state index contributed by atoms with van der Waals surface area (Å²) in [6.45, 7) is 5.14. The largest absolute Gasteiger partial charge is 0.495 e. The number of hydrogen-bond donors (Lipinski definition) is 2. The number of para-hydroxylation sites is 2. The molecule has 2 N–H and O–H groups in total. The number of hydrogen-bond acceptors (Lipinski definition) is 4. The smallest absolute Gasteiger partial charge is 0.238 e. The molecule has 0 spiro atoms. The minimum Gasteiger partial charge on any atom is -0.495 e. The Bertz CT molecular complexity index is 396. The zero-order valence-corrected chi connectivity index (χ0v) is 11.9. The molecule has 1 aromatic rings. The number of carbonyl (C=O) groups is 1. The number of rotatable bonds is 8. The molecule has 1 aromatic carbocycles. The van der Waals surface area contributed by atoms with E-state index in [2.05, 4.69) is 29.5 Å². The standard InChI is InChI=1S/C14H23N3O2/c1-4-17(2)10-9-15-11-14(18)16-12-7-5-6-8-13(12)19-3/h5-8,15H,4,9-11H2,1-3H3,(H,16,18). The lowest BCUT2D eigenvalue weighted by molar-refractivity contribution is -0.115. The first-order valence-corrected chi connectivity index (χ1v) is 6.49. The normalized spacial score (nSPS) is 10.5. The Labute approximate surface area is 114 Å². The molecule has 0 fully saturated rings. The van der Waals surface area contributed by atoms with Crippen LogP contribution in [-0.4, -0.2) is 51.1 Å². The SMILES string of the molecule is CCN(C)CCNCC(=O)Nc1ccccc1OC. The summed E-state index contributed by atoms with van der Waals surface area (Å²) < 4.78 is 5.18. The monoisotopic (exact) mass is 265 g/mol. The molecule has 0 saturated heterocycles. The highest BCUT2D eigenvalue weighted by atomic mass is 16.5. The van der Waals surface area contributed by atoms with Crippen molar-refractivity contribution in [3.63, 3.8) is 0 Å². The molecule has 0 aliphatic carbocycles. The van der Waals surface area contributed by atoms with Gasteiger partial charge in [0, 0.05) is 13.1 Å². The number of benzene rings is 1. The molecule has 19 heavy (non-hydrogen) atoms. The summed E-state index contributed by atoms with van der Waals surface area (Å²) in [7, 11) is 3.64.